The highest BCUT2D eigenvalue weighted by atomic mass is 32.2. The predicted octanol–water partition coefficient (Wildman–Crippen LogP) is 1.23. The molecule has 2 unspecified atom stereocenters. The first-order valence-corrected chi connectivity index (χ1v) is 6.38. The third-order valence-corrected chi connectivity index (χ3v) is 3.23. The minimum atomic E-state index is 0.145. The van der Waals surface area contributed by atoms with Crippen LogP contribution in [0.5, 0.6) is 0 Å². The van der Waals surface area contributed by atoms with Crippen LogP contribution in [0, 0.1) is 5.92 Å². The Hall–Kier alpha value is -0.220. The first-order valence-electron chi connectivity index (χ1n) is 5.09. The molecule has 2 atom stereocenters. The van der Waals surface area contributed by atoms with Crippen molar-refractivity contribution in [3.63, 3.8) is 0 Å². The Morgan fingerprint density at radius 1 is 1.50 bits per heavy atom. The molecule has 0 aromatic carbocycles. The molecule has 0 aromatic rings. The third-order valence-electron chi connectivity index (χ3n) is 2.26. The average molecular weight is 218 g/mol. The highest BCUT2D eigenvalue weighted by Gasteiger charge is 2.06. The lowest BCUT2D eigenvalue weighted by Gasteiger charge is -2.11. The van der Waals surface area contributed by atoms with Crippen molar-refractivity contribution >= 4 is 17.7 Å². The van der Waals surface area contributed by atoms with Gasteiger partial charge in [-0.25, -0.2) is 0 Å². The number of rotatable bonds is 7. The average Bonchev–Trinajstić information content (AvgIpc) is 2.22. The van der Waals surface area contributed by atoms with Crippen molar-refractivity contribution in [2.75, 3.05) is 19.3 Å². The van der Waals surface area contributed by atoms with E-state index in [4.69, 9.17) is 5.73 Å². The lowest BCUT2D eigenvalue weighted by molar-refractivity contribution is -0.121. The van der Waals surface area contributed by atoms with E-state index in [9.17, 15) is 4.79 Å². The van der Waals surface area contributed by atoms with Crippen molar-refractivity contribution in [2.45, 2.75) is 31.9 Å². The summed E-state index contributed by atoms with van der Waals surface area (Å²) in [5, 5.41) is 3.40. The van der Waals surface area contributed by atoms with Gasteiger partial charge in [0.2, 0.25) is 5.91 Å². The molecule has 0 saturated carbocycles. The molecule has 3 nitrogen and oxygen atoms in total. The summed E-state index contributed by atoms with van der Waals surface area (Å²) >= 11 is 1.76. The van der Waals surface area contributed by atoms with Crippen molar-refractivity contribution in [1.82, 2.24) is 5.32 Å². The molecule has 0 rings (SSSR count). The fraction of sp³-hybridized carbons (Fsp3) is 0.900. The number of nitrogens with two attached hydrogens (primary N) is 1. The van der Waals surface area contributed by atoms with E-state index in [1.165, 1.54) is 0 Å². The van der Waals surface area contributed by atoms with Gasteiger partial charge in [0.25, 0.3) is 0 Å². The summed E-state index contributed by atoms with van der Waals surface area (Å²) in [7, 11) is 0. The molecular formula is C10H22N2OS. The molecular weight excluding hydrogens is 196 g/mol. The zero-order chi connectivity index (χ0) is 11.0. The van der Waals surface area contributed by atoms with E-state index in [1.807, 2.05) is 6.26 Å². The number of hydrogen-bond donors (Lipinski definition) is 2. The molecule has 0 aliphatic heterocycles. The van der Waals surface area contributed by atoms with E-state index in [2.05, 4.69) is 19.2 Å². The number of carbonyl (C=O) groups is 1. The van der Waals surface area contributed by atoms with Gasteiger partial charge in [-0.05, 0) is 25.1 Å². The third kappa shape index (κ3) is 7.21. The highest BCUT2D eigenvalue weighted by molar-refractivity contribution is 7.99. The van der Waals surface area contributed by atoms with Gasteiger partial charge in [-0.15, -0.1) is 0 Å². The highest BCUT2D eigenvalue weighted by Crippen LogP contribution is 2.05. The van der Waals surface area contributed by atoms with E-state index < -0.39 is 0 Å². The first kappa shape index (κ1) is 13.8. The van der Waals surface area contributed by atoms with Crippen LogP contribution in [-0.2, 0) is 4.79 Å². The van der Waals surface area contributed by atoms with Crippen molar-refractivity contribution in [3.05, 3.63) is 0 Å². The molecule has 0 aliphatic rings. The molecule has 3 N–H and O–H groups in total. The van der Waals surface area contributed by atoms with Crippen LogP contribution < -0.4 is 11.1 Å². The van der Waals surface area contributed by atoms with Gasteiger partial charge in [0.15, 0.2) is 0 Å². The summed E-state index contributed by atoms with van der Waals surface area (Å²) in [6.07, 6.45) is 3.53. The van der Waals surface area contributed by atoms with Gasteiger partial charge in [0, 0.05) is 18.2 Å². The molecule has 0 bridgehead atoms. The topological polar surface area (TPSA) is 55.1 Å². The normalized spacial score (nSPS) is 14.9. The Labute approximate surface area is 91.2 Å². The lowest BCUT2D eigenvalue weighted by Crippen LogP contribution is -2.29. The Bertz CT molecular complexity index is 148. The molecule has 0 saturated heterocycles. The molecule has 0 aromatic heterocycles. The van der Waals surface area contributed by atoms with Crippen LogP contribution in [0.2, 0.25) is 0 Å². The van der Waals surface area contributed by atoms with Crippen molar-refractivity contribution in [3.8, 4) is 0 Å². The smallest absolute Gasteiger partial charge is 0.220 e. The second kappa shape index (κ2) is 8.12. The zero-order valence-electron chi connectivity index (χ0n) is 9.38. The minimum Gasteiger partial charge on any atom is -0.355 e. The number of hydrogen-bond acceptors (Lipinski definition) is 3. The standard InChI is InChI=1S/C10H22N2OS/c1-8(6-11)4-5-10(13)12-7-9(2)14-3/h8-9H,4-7,11H2,1-3H3,(H,12,13). The van der Waals surface area contributed by atoms with Crippen molar-refractivity contribution in [2.24, 2.45) is 11.7 Å². The molecule has 4 heteroatoms. The molecule has 0 radical (unpaired) electrons. The maximum Gasteiger partial charge on any atom is 0.220 e. The summed E-state index contributed by atoms with van der Waals surface area (Å²) in [6, 6.07) is 0. The quantitative estimate of drug-likeness (QED) is 0.676. The first-order chi connectivity index (χ1) is 6.60. The second-order valence-corrected chi connectivity index (χ2v) is 5.01. The number of nitrogens with one attached hydrogen (secondary N) is 1. The Kier molecular flexibility index (Phi) is 7.99. The van der Waals surface area contributed by atoms with E-state index in [-0.39, 0.29) is 5.91 Å². The fourth-order valence-electron chi connectivity index (χ4n) is 0.925. The number of carbonyl (C=O) groups excluding carboxylic acids is 1. The van der Waals surface area contributed by atoms with Crippen LogP contribution in [0.3, 0.4) is 0 Å². The van der Waals surface area contributed by atoms with Crippen LogP contribution in [0.4, 0.5) is 0 Å². The summed E-state index contributed by atoms with van der Waals surface area (Å²) in [4.78, 5) is 11.3. The largest absolute Gasteiger partial charge is 0.355 e. The van der Waals surface area contributed by atoms with E-state index >= 15 is 0 Å². The molecule has 14 heavy (non-hydrogen) atoms. The van der Waals surface area contributed by atoms with Crippen molar-refractivity contribution < 1.29 is 4.79 Å². The van der Waals surface area contributed by atoms with Gasteiger partial charge >= 0.3 is 0 Å². The van der Waals surface area contributed by atoms with Crippen LogP contribution in [0.25, 0.3) is 0 Å². The predicted molar refractivity (Wildman–Crippen MR) is 63.4 cm³/mol. The number of thioether (sulfide) groups is 1. The maximum absolute atomic E-state index is 11.3. The summed E-state index contributed by atoms with van der Waals surface area (Å²) in [5.74, 6) is 0.588. The van der Waals surface area contributed by atoms with Crippen LogP contribution >= 0.6 is 11.8 Å². The van der Waals surface area contributed by atoms with Gasteiger partial charge in [-0.1, -0.05) is 13.8 Å². The summed E-state index contributed by atoms with van der Waals surface area (Å²) < 4.78 is 0. The van der Waals surface area contributed by atoms with Gasteiger partial charge in [-0.3, -0.25) is 4.79 Å². The Balaban J connectivity index is 3.46. The maximum atomic E-state index is 11.3. The van der Waals surface area contributed by atoms with Gasteiger partial charge in [0.05, 0.1) is 0 Å². The number of amides is 1. The molecule has 0 heterocycles. The minimum absolute atomic E-state index is 0.145. The van der Waals surface area contributed by atoms with E-state index in [0.29, 0.717) is 24.1 Å². The van der Waals surface area contributed by atoms with Gasteiger partial charge in [-0.2, -0.15) is 11.8 Å². The van der Waals surface area contributed by atoms with Gasteiger partial charge < -0.3 is 11.1 Å². The molecule has 0 aliphatic carbocycles. The van der Waals surface area contributed by atoms with Crippen LogP contribution in [-0.4, -0.2) is 30.5 Å². The van der Waals surface area contributed by atoms with Crippen molar-refractivity contribution in [1.29, 1.82) is 0 Å². The summed E-state index contributed by atoms with van der Waals surface area (Å²) in [5.41, 5.74) is 5.47. The molecule has 1 amide bonds. The monoisotopic (exact) mass is 218 g/mol. The zero-order valence-corrected chi connectivity index (χ0v) is 10.2. The van der Waals surface area contributed by atoms with Crippen LogP contribution in [0.1, 0.15) is 26.7 Å². The second-order valence-electron chi connectivity index (χ2n) is 3.73. The molecule has 0 spiro atoms. The van der Waals surface area contributed by atoms with E-state index in [0.717, 1.165) is 13.0 Å². The van der Waals surface area contributed by atoms with Crippen LogP contribution in [0.15, 0.2) is 0 Å². The lowest BCUT2D eigenvalue weighted by atomic mass is 10.1. The SMILES string of the molecule is CSC(C)CNC(=O)CCC(C)CN. The van der Waals surface area contributed by atoms with E-state index in [1.54, 1.807) is 11.8 Å². The Morgan fingerprint density at radius 2 is 2.14 bits per heavy atom. The molecule has 84 valence electrons. The molecule has 0 fully saturated rings. The van der Waals surface area contributed by atoms with Gasteiger partial charge in [0.1, 0.15) is 0 Å². The summed E-state index contributed by atoms with van der Waals surface area (Å²) in [6.45, 7) is 5.59. The fourth-order valence-corrected chi connectivity index (χ4v) is 1.17. The Morgan fingerprint density at radius 3 is 2.64 bits per heavy atom.